The molecule has 0 fully saturated rings. The molecule has 0 spiro atoms. The first-order valence-corrected chi connectivity index (χ1v) is 9.09. The second-order valence-electron chi connectivity index (χ2n) is 5.94. The summed E-state index contributed by atoms with van der Waals surface area (Å²) >= 11 is 0. The van der Waals surface area contributed by atoms with Gasteiger partial charge in [0.1, 0.15) is 0 Å². The van der Waals surface area contributed by atoms with Crippen LogP contribution in [-0.2, 0) is 27.9 Å². The molecular weight excluding hydrogens is 344 g/mol. The maximum Gasteiger partial charge on any atom is 0.254 e. The van der Waals surface area contributed by atoms with Gasteiger partial charge in [-0.05, 0) is 43.2 Å². The molecule has 3 N–H and O–H groups in total. The van der Waals surface area contributed by atoms with E-state index in [0.29, 0.717) is 24.3 Å². The fourth-order valence-electron chi connectivity index (χ4n) is 2.51. The van der Waals surface area contributed by atoms with E-state index in [-0.39, 0.29) is 16.4 Å². The summed E-state index contributed by atoms with van der Waals surface area (Å²) in [6, 6.07) is 4.79. The molecule has 0 bridgehead atoms. The number of aryl methyl sites for hydroxylation is 1. The molecule has 0 unspecified atom stereocenters. The fraction of sp³-hybridized carbons (Fsp3) is 0.375. The van der Waals surface area contributed by atoms with Crippen molar-refractivity contribution >= 4 is 15.9 Å². The Morgan fingerprint density at radius 2 is 2.00 bits per heavy atom. The Balaban J connectivity index is 2.25. The smallest absolute Gasteiger partial charge is 0.254 e. The van der Waals surface area contributed by atoms with Gasteiger partial charge >= 0.3 is 0 Å². The van der Waals surface area contributed by atoms with Crippen molar-refractivity contribution in [1.82, 2.24) is 15.1 Å². The normalized spacial score (nSPS) is 11.6. The van der Waals surface area contributed by atoms with E-state index in [1.807, 2.05) is 6.07 Å². The average Bonchev–Trinajstić information content (AvgIpc) is 2.95. The van der Waals surface area contributed by atoms with Gasteiger partial charge in [-0.1, -0.05) is 0 Å². The lowest BCUT2D eigenvalue weighted by atomic mass is 10.1. The van der Waals surface area contributed by atoms with E-state index in [2.05, 4.69) is 10.2 Å². The number of benzene rings is 1. The van der Waals surface area contributed by atoms with E-state index < -0.39 is 10.0 Å². The predicted octanol–water partition coefficient (Wildman–Crippen LogP) is 1.09. The van der Waals surface area contributed by atoms with Crippen LogP contribution in [0.5, 0.6) is 0 Å². The zero-order chi connectivity index (χ0) is 18.8. The van der Waals surface area contributed by atoms with Crippen molar-refractivity contribution in [3.05, 3.63) is 46.3 Å². The van der Waals surface area contributed by atoms with Gasteiger partial charge < -0.3 is 9.64 Å². The highest BCUT2D eigenvalue weighted by atomic mass is 32.2. The number of nitrogens with one attached hydrogen (secondary N) is 1. The molecule has 1 amide bonds. The van der Waals surface area contributed by atoms with Gasteiger partial charge in [-0.2, -0.15) is 5.10 Å². The van der Waals surface area contributed by atoms with Crippen LogP contribution >= 0.6 is 0 Å². The van der Waals surface area contributed by atoms with Crippen molar-refractivity contribution in [3.8, 4) is 0 Å². The number of sulfonamides is 1. The van der Waals surface area contributed by atoms with Gasteiger partial charge in [0.15, 0.2) is 0 Å². The fourth-order valence-corrected chi connectivity index (χ4v) is 3.38. The number of primary sulfonamides is 1. The molecule has 0 aliphatic carbocycles. The third-order valence-electron chi connectivity index (χ3n) is 3.90. The standard InChI is InChI=1S/C16H22N4O4S/c1-10-5-12(6-15(11(10)2)25(17,22)23)16(21)20(3)8-13-7-14(9-24-4)19-18-13/h5-7H,8-9H2,1-4H3,(H,18,19)(H2,17,22,23). The molecule has 0 saturated carbocycles. The van der Waals surface area contributed by atoms with Crippen molar-refractivity contribution in [2.45, 2.75) is 31.9 Å². The van der Waals surface area contributed by atoms with Crippen molar-refractivity contribution in [1.29, 1.82) is 0 Å². The number of aromatic nitrogens is 2. The molecule has 0 radical (unpaired) electrons. The molecule has 1 aromatic heterocycles. The summed E-state index contributed by atoms with van der Waals surface area (Å²) in [5.41, 5.74) is 2.98. The summed E-state index contributed by atoms with van der Waals surface area (Å²) < 4.78 is 28.5. The average molecular weight is 366 g/mol. The summed E-state index contributed by atoms with van der Waals surface area (Å²) in [4.78, 5) is 14.1. The van der Waals surface area contributed by atoms with Crippen LogP contribution in [-0.4, -0.2) is 43.6 Å². The summed E-state index contributed by atoms with van der Waals surface area (Å²) in [6.07, 6.45) is 0. The van der Waals surface area contributed by atoms with E-state index >= 15 is 0 Å². The van der Waals surface area contributed by atoms with Crippen LogP contribution in [0, 0.1) is 13.8 Å². The van der Waals surface area contributed by atoms with Crippen molar-refractivity contribution in [2.24, 2.45) is 5.14 Å². The molecule has 8 nitrogen and oxygen atoms in total. The van der Waals surface area contributed by atoms with E-state index in [4.69, 9.17) is 9.88 Å². The van der Waals surface area contributed by atoms with Crippen LogP contribution in [0.2, 0.25) is 0 Å². The zero-order valence-corrected chi connectivity index (χ0v) is 15.5. The SMILES string of the molecule is COCc1cc(CN(C)C(=O)c2cc(C)c(C)c(S(N)(=O)=O)c2)[nH]n1. The second kappa shape index (κ2) is 7.34. The van der Waals surface area contributed by atoms with Gasteiger partial charge in [-0.3, -0.25) is 9.89 Å². The number of rotatable bonds is 6. The molecule has 1 aromatic carbocycles. The molecular formula is C16H22N4O4S. The van der Waals surface area contributed by atoms with Crippen LogP contribution < -0.4 is 5.14 Å². The summed E-state index contributed by atoms with van der Waals surface area (Å²) in [5.74, 6) is -0.309. The Labute approximate surface area is 147 Å². The third-order valence-corrected chi connectivity index (χ3v) is 4.94. The topological polar surface area (TPSA) is 118 Å². The van der Waals surface area contributed by atoms with E-state index in [1.54, 1.807) is 34.1 Å². The molecule has 0 aliphatic rings. The van der Waals surface area contributed by atoms with E-state index in [0.717, 1.165) is 11.4 Å². The Kier molecular flexibility index (Phi) is 5.61. The van der Waals surface area contributed by atoms with Gasteiger partial charge in [-0.25, -0.2) is 13.6 Å². The Morgan fingerprint density at radius 3 is 2.60 bits per heavy atom. The van der Waals surface area contributed by atoms with E-state index in [9.17, 15) is 13.2 Å². The van der Waals surface area contributed by atoms with Crippen LogP contribution in [0.3, 0.4) is 0 Å². The lowest BCUT2D eigenvalue weighted by Crippen LogP contribution is -2.27. The lowest BCUT2D eigenvalue weighted by Gasteiger charge is -2.18. The van der Waals surface area contributed by atoms with Gasteiger partial charge in [0.2, 0.25) is 10.0 Å². The Hall–Kier alpha value is -2.23. The number of ether oxygens (including phenoxy) is 1. The number of hydrogen-bond acceptors (Lipinski definition) is 5. The highest BCUT2D eigenvalue weighted by Crippen LogP contribution is 2.21. The van der Waals surface area contributed by atoms with Gasteiger partial charge in [0.25, 0.3) is 5.91 Å². The largest absolute Gasteiger partial charge is 0.378 e. The maximum atomic E-state index is 12.7. The summed E-state index contributed by atoms with van der Waals surface area (Å²) in [5, 5.41) is 12.2. The highest BCUT2D eigenvalue weighted by Gasteiger charge is 2.20. The zero-order valence-electron chi connectivity index (χ0n) is 14.7. The predicted molar refractivity (Wildman–Crippen MR) is 92.4 cm³/mol. The molecule has 136 valence electrons. The van der Waals surface area contributed by atoms with Crippen LogP contribution in [0.15, 0.2) is 23.1 Å². The van der Waals surface area contributed by atoms with Gasteiger partial charge in [0, 0.05) is 19.7 Å². The quantitative estimate of drug-likeness (QED) is 0.793. The van der Waals surface area contributed by atoms with Gasteiger partial charge in [-0.15, -0.1) is 0 Å². The van der Waals surface area contributed by atoms with Crippen LogP contribution in [0.4, 0.5) is 0 Å². The molecule has 2 rings (SSSR count). The first-order chi connectivity index (χ1) is 11.6. The number of hydrogen-bond donors (Lipinski definition) is 2. The van der Waals surface area contributed by atoms with Crippen LogP contribution in [0.1, 0.15) is 32.9 Å². The minimum Gasteiger partial charge on any atom is -0.378 e. The molecule has 1 heterocycles. The number of carbonyl (C=O) groups is 1. The Morgan fingerprint density at radius 1 is 1.32 bits per heavy atom. The lowest BCUT2D eigenvalue weighted by molar-refractivity contribution is 0.0783. The number of carbonyl (C=O) groups excluding carboxylic acids is 1. The van der Waals surface area contributed by atoms with Crippen molar-refractivity contribution in [2.75, 3.05) is 14.2 Å². The molecule has 2 aromatic rings. The number of methoxy groups -OCH3 is 1. The molecule has 25 heavy (non-hydrogen) atoms. The molecule has 9 heteroatoms. The number of H-pyrrole nitrogens is 1. The third kappa shape index (κ3) is 4.44. The first kappa shape index (κ1) is 19.1. The Bertz CT molecular complexity index is 890. The number of nitrogens with zero attached hydrogens (tertiary/aromatic N) is 2. The molecule has 0 saturated heterocycles. The number of nitrogens with two attached hydrogens (primary N) is 1. The summed E-state index contributed by atoms with van der Waals surface area (Å²) in [7, 11) is -0.694. The molecule has 0 aliphatic heterocycles. The second-order valence-corrected chi connectivity index (χ2v) is 7.47. The minimum absolute atomic E-state index is 0.0341. The van der Waals surface area contributed by atoms with E-state index in [1.165, 1.54) is 11.0 Å². The van der Waals surface area contributed by atoms with Crippen molar-refractivity contribution < 1.29 is 17.9 Å². The number of aromatic amines is 1. The highest BCUT2D eigenvalue weighted by molar-refractivity contribution is 7.89. The minimum atomic E-state index is -3.90. The van der Waals surface area contributed by atoms with Crippen LogP contribution in [0.25, 0.3) is 0 Å². The number of amides is 1. The molecule has 0 atom stereocenters. The summed E-state index contributed by atoms with van der Waals surface area (Å²) in [6.45, 7) is 4.08. The monoisotopic (exact) mass is 366 g/mol. The van der Waals surface area contributed by atoms with Crippen molar-refractivity contribution in [3.63, 3.8) is 0 Å². The maximum absolute atomic E-state index is 12.7. The van der Waals surface area contributed by atoms with Gasteiger partial charge in [0.05, 0.1) is 29.4 Å². The first-order valence-electron chi connectivity index (χ1n) is 7.55.